The molecule has 7 nitrogen and oxygen atoms in total. The number of ether oxygens (including phenoxy) is 3. The van der Waals surface area contributed by atoms with Gasteiger partial charge in [0, 0.05) is 17.7 Å². The summed E-state index contributed by atoms with van der Waals surface area (Å²) < 4.78 is 16.5. The van der Waals surface area contributed by atoms with Crippen molar-refractivity contribution in [1.82, 2.24) is 20.2 Å². The molecule has 0 aliphatic heterocycles. The van der Waals surface area contributed by atoms with Crippen LogP contribution >= 0.6 is 0 Å². The Bertz CT molecular complexity index is 1030. The second-order valence-corrected chi connectivity index (χ2v) is 9.23. The summed E-state index contributed by atoms with van der Waals surface area (Å²) in [5.74, 6) is 2.31. The maximum atomic E-state index is 5.56. The molecule has 0 saturated carbocycles. The van der Waals surface area contributed by atoms with E-state index in [9.17, 15) is 0 Å². The largest absolute Gasteiger partial charge is 0.496 e. The van der Waals surface area contributed by atoms with E-state index >= 15 is 0 Å². The number of hydrogen-bond acceptors (Lipinski definition) is 6. The molecule has 0 spiro atoms. The highest BCUT2D eigenvalue weighted by Crippen LogP contribution is 2.36. The average molecular weight is 495 g/mol. The number of rotatable bonds is 17. The van der Waals surface area contributed by atoms with E-state index in [0.717, 1.165) is 12.0 Å². The summed E-state index contributed by atoms with van der Waals surface area (Å²) in [4.78, 5) is 1.46. The van der Waals surface area contributed by atoms with E-state index < -0.39 is 0 Å². The first-order chi connectivity index (χ1) is 17.7. The number of unbranched alkanes of at least 4 members (excludes halogenated alkanes) is 10. The predicted octanol–water partition coefficient (Wildman–Crippen LogP) is 7.21. The third kappa shape index (κ3) is 7.70. The molecule has 196 valence electrons. The lowest BCUT2D eigenvalue weighted by atomic mass is 9.99. The molecular weight excluding hydrogens is 452 g/mol. The Balaban J connectivity index is 1.58. The van der Waals surface area contributed by atoms with E-state index in [1.807, 2.05) is 6.07 Å². The zero-order valence-electron chi connectivity index (χ0n) is 22.5. The third-order valence-corrected chi connectivity index (χ3v) is 6.61. The van der Waals surface area contributed by atoms with Gasteiger partial charge in [-0.05, 0) is 23.6 Å². The molecule has 0 aliphatic carbocycles. The average Bonchev–Trinajstić information content (AvgIpc) is 3.40. The van der Waals surface area contributed by atoms with Gasteiger partial charge in [0.05, 0.1) is 21.3 Å². The van der Waals surface area contributed by atoms with Crippen LogP contribution in [0.15, 0.2) is 36.4 Å². The predicted molar refractivity (Wildman–Crippen MR) is 144 cm³/mol. The van der Waals surface area contributed by atoms with Crippen LogP contribution in [0.25, 0.3) is 17.1 Å². The Labute approximate surface area is 216 Å². The molecule has 36 heavy (non-hydrogen) atoms. The molecular formula is C29H42N4O3. The van der Waals surface area contributed by atoms with Gasteiger partial charge in [0.2, 0.25) is 5.82 Å². The molecule has 0 atom stereocenters. The molecule has 0 N–H and O–H groups in total. The fraction of sp³-hybridized carbons (Fsp3) is 0.552. The van der Waals surface area contributed by atoms with Gasteiger partial charge in [0.15, 0.2) is 17.2 Å². The van der Waals surface area contributed by atoms with Gasteiger partial charge < -0.3 is 14.2 Å². The quantitative estimate of drug-likeness (QED) is 0.185. The van der Waals surface area contributed by atoms with Gasteiger partial charge in [-0.3, -0.25) is 0 Å². The Kier molecular flexibility index (Phi) is 11.5. The Morgan fingerprint density at radius 3 is 1.89 bits per heavy atom. The van der Waals surface area contributed by atoms with Crippen molar-refractivity contribution in [3.63, 3.8) is 0 Å². The SMILES string of the molecule is CCCCCCCCCCCCCc1ccccc1-c1nnn(-c2c(OC)cc(OC)cc2OC)n1. The molecule has 0 radical (unpaired) electrons. The van der Waals surface area contributed by atoms with E-state index in [-0.39, 0.29) is 0 Å². The molecule has 1 heterocycles. The molecule has 0 aliphatic rings. The standard InChI is InChI=1S/C29H42N4O3/c1-5-6-7-8-9-10-11-12-13-14-15-18-23-19-16-17-20-25(23)29-30-32-33(31-29)28-26(35-3)21-24(34-2)22-27(28)36-4/h16-17,19-22H,5-15,18H2,1-4H3. The van der Waals surface area contributed by atoms with Crippen molar-refractivity contribution in [2.24, 2.45) is 0 Å². The van der Waals surface area contributed by atoms with Crippen LogP contribution in [0, 0.1) is 0 Å². The van der Waals surface area contributed by atoms with Gasteiger partial charge in [0.1, 0.15) is 5.75 Å². The second-order valence-electron chi connectivity index (χ2n) is 9.23. The summed E-state index contributed by atoms with van der Waals surface area (Å²) in [6.45, 7) is 2.27. The molecule has 3 rings (SSSR count). The monoisotopic (exact) mass is 494 g/mol. The molecule has 0 bridgehead atoms. The van der Waals surface area contributed by atoms with Crippen LogP contribution < -0.4 is 14.2 Å². The first-order valence-corrected chi connectivity index (χ1v) is 13.4. The van der Waals surface area contributed by atoms with Gasteiger partial charge in [-0.2, -0.15) is 0 Å². The lowest BCUT2D eigenvalue weighted by Crippen LogP contribution is -2.05. The number of benzene rings is 2. The molecule has 7 heteroatoms. The zero-order valence-corrected chi connectivity index (χ0v) is 22.5. The fourth-order valence-corrected chi connectivity index (χ4v) is 4.54. The van der Waals surface area contributed by atoms with Crippen molar-refractivity contribution in [2.45, 2.75) is 84.0 Å². The van der Waals surface area contributed by atoms with Crippen LogP contribution in [-0.2, 0) is 6.42 Å². The zero-order chi connectivity index (χ0) is 25.6. The highest BCUT2D eigenvalue weighted by molar-refractivity contribution is 5.62. The van der Waals surface area contributed by atoms with Crippen LogP contribution in [0.1, 0.15) is 83.1 Å². The van der Waals surface area contributed by atoms with Crippen molar-refractivity contribution < 1.29 is 14.2 Å². The number of aromatic nitrogens is 4. The topological polar surface area (TPSA) is 71.3 Å². The van der Waals surface area contributed by atoms with Crippen molar-refractivity contribution in [3.05, 3.63) is 42.0 Å². The Hall–Kier alpha value is -3.09. The molecule has 0 amide bonds. The number of aryl methyl sites for hydroxylation is 1. The first kappa shape index (κ1) is 27.5. The number of methoxy groups -OCH3 is 3. The molecule has 0 fully saturated rings. The summed E-state index contributed by atoms with van der Waals surface area (Å²) in [6.07, 6.45) is 15.8. The number of hydrogen-bond donors (Lipinski definition) is 0. The van der Waals surface area contributed by atoms with Gasteiger partial charge in [0.25, 0.3) is 0 Å². The highest BCUT2D eigenvalue weighted by Gasteiger charge is 2.19. The maximum absolute atomic E-state index is 5.56. The number of tetrazole rings is 1. The minimum atomic E-state index is 0.546. The van der Waals surface area contributed by atoms with Crippen molar-refractivity contribution in [3.8, 4) is 34.3 Å². The lowest BCUT2D eigenvalue weighted by molar-refractivity contribution is 0.369. The van der Waals surface area contributed by atoms with Crippen LogP contribution in [-0.4, -0.2) is 41.5 Å². The molecule has 3 aromatic rings. The molecule has 2 aromatic carbocycles. The van der Waals surface area contributed by atoms with E-state index in [1.165, 1.54) is 81.0 Å². The third-order valence-electron chi connectivity index (χ3n) is 6.61. The first-order valence-electron chi connectivity index (χ1n) is 13.4. The van der Waals surface area contributed by atoms with E-state index in [4.69, 9.17) is 14.2 Å². The highest BCUT2D eigenvalue weighted by atomic mass is 16.5. The van der Waals surface area contributed by atoms with Gasteiger partial charge in [-0.15, -0.1) is 15.0 Å². The summed E-state index contributed by atoms with van der Waals surface area (Å²) in [7, 11) is 4.79. The van der Waals surface area contributed by atoms with Crippen molar-refractivity contribution in [2.75, 3.05) is 21.3 Å². The minimum Gasteiger partial charge on any atom is -0.496 e. The van der Waals surface area contributed by atoms with Crippen LogP contribution in [0.4, 0.5) is 0 Å². The van der Waals surface area contributed by atoms with Crippen LogP contribution in [0.3, 0.4) is 0 Å². The normalized spacial score (nSPS) is 11.0. The fourth-order valence-electron chi connectivity index (χ4n) is 4.54. The smallest absolute Gasteiger partial charge is 0.205 e. The summed E-state index contributed by atoms with van der Waals surface area (Å²) >= 11 is 0. The van der Waals surface area contributed by atoms with E-state index in [2.05, 4.69) is 40.5 Å². The van der Waals surface area contributed by atoms with Gasteiger partial charge >= 0.3 is 0 Å². The van der Waals surface area contributed by atoms with Gasteiger partial charge in [-0.1, -0.05) is 95.4 Å². The summed E-state index contributed by atoms with van der Waals surface area (Å²) in [5.41, 5.74) is 2.85. The number of nitrogens with zero attached hydrogens (tertiary/aromatic N) is 4. The van der Waals surface area contributed by atoms with Crippen LogP contribution in [0.5, 0.6) is 17.2 Å². The molecule has 0 saturated heterocycles. The Morgan fingerprint density at radius 1 is 0.722 bits per heavy atom. The summed E-state index contributed by atoms with van der Waals surface area (Å²) in [5, 5.41) is 13.4. The molecule has 0 unspecified atom stereocenters. The Morgan fingerprint density at radius 2 is 1.31 bits per heavy atom. The minimum absolute atomic E-state index is 0.546. The van der Waals surface area contributed by atoms with Crippen molar-refractivity contribution >= 4 is 0 Å². The maximum Gasteiger partial charge on any atom is 0.205 e. The van der Waals surface area contributed by atoms with E-state index in [1.54, 1.807) is 33.5 Å². The van der Waals surface area contributed by atoms with Crippen LogP contribution in [0.2, 0.25) is 0 Å². The van der Waals surface area contributed by atoms with Crippen molar-refractivity contribution in [1.29, 1.82) is 0 Å². The van der Waals surface area contributed by atoms with E-state index in [0.29, 0.717) is 28.8 Å². The summed E-state index contributed by atoms with van der Waals surface area (Å²) in [6, 6.07) is 11.9. The lowest BCUT2D eigenvalue weighted by Gasteiger charge is -2.13. The molecule has 1 aromatic heterocycles. The second kappa shape index (κ2) is 15.1. The van der Waals surface area contributed by atoms with Gasteiger partial charge in [-0.25, -0.2) is 0 Å².